The summed E-state index contributed by atoms with van der Waals surface area (Å²) < 4.78 is 79.1. The summed E-state index contributed by atoms with van der Waals surface area (Å²) in [5.74, 6) is 0. The number of rotatable bonds is 0. The summed E-state index contributed by atoms with van der Waals surface area (Å²) in [6.45, 7) is 82.4. The summed E-state index contributed by atoms with van der Waals surface area (Å²) in [7, 11) is -10.4. The van der Waals surface area contributed by atoms with Gasteiger partial charge in [-0.1, -0.05) is 54.7 Å². The van der Waals surface area contributed by atoms with E-state index in [1.807, 2.05) is 18.2 Å². The Balaban J connectivity index is 0.000000128. The molecule has 0 saturated carbocycles. The summed E-state index contributed by atoms with van der Waals surface area (Å²) in [6, 6.07) is 12.3. The molecule has 9 aliphatic rings. The van der Waals surface area contributed by atoms with Crippen molar-refractivity contribution in [3.05, 3.63) is 355 Å². The molecular formula is C123H126O6S3. The van der Waals surface area contributed by atoms with E-state index in [1.54, 1.807) is 18.2 Å². The van der Waals surface area contributed by atoms with Gasteiger partial charge in [0.25, 0.3) is 0 Å². The molecule has 12 aromatic rings. The van der Waals surface area contributed by atoms with E-state index in [0.29, 0.717) is 14.7 Å². The maximum atomic E-state index is 13.5. The van der Waals surface area contributed by atoms with Crippen LogP contribution in [0, 0.1) is 249 Å². The van der Waals surface area contributed by atoms with Crippen molar-refractivity contribution in [2.45, 2.75) is 280 Å². The van der Waals surface area contributed by atoms with Crippen LogP contribution in [0.3, 0.4) is 0 Å². The van der Waals surface area contributed by atoms with Crippen LogP contribution in [0.5, 0.6) is 0 Å². The van der Waals surface area contributed by atoms with E-state index in [1.165, 1.54) is 328 Å². The fourth-order valence-corrected chi connectivity index (χ4v) is 30.2. The Labute approximate surface area is 786 Å². The molecule has 0 fully saturated rings. The zero-order chi connectivity index (χ0) is 95.8. The maximum Gasteiger partial charge on any atom is 0.201 e. The zero-order valence-electron chi connectivity index (χ0n) is 84.6. The van der Waals surface area contributed by atoms with Crippen LogP contribution in [0.25, 0.3) is 103 Å². The Kier molecular flexibility index (Phi) is 20.0. The Hall–Kier alpha value is -11.1. The van der Waals surface area contributed by atoms with Crippen LogP contribution in [0.1, 0.15) is 284 Å². The van der Waals surface area contributed by atoms with E-state index < -0.39 is 45.8 Å². The van der Waals surface area contributed by atoms with Crippen molar-refractivity contribution < 1.29 is 25.3 Å². The topological polar surface area (TPSA) is 102 Å². The molecule has 12 aromatic carbocycles. The van der Waals surface area contributed by atoms with Gasteiger partial charge in [0, 0.05) is 21.8 Å². The van der Waals surface area contributed by atoms with Crippen molar-refractivity contribution in [2.24, 2.45) is 0 Å². The highest BCUT2D eigenvalue weighted by molar-refractivity contribution is 7.95. The Morgan fingerprint density at radius 3 is 0.727 bits per heavy atom. The molecule has 0 radical (unpaired) electrons. The number of sulfone groups is 3. The molecule has 0 unspecified atom stereocenters. The molecule has 0 bridgehead atoms. The van der Waals surface area contributed by atoms with Gasteiger partial charge in [-0.25, -0.2) is 25.3 Å². The number of hydrogen-bond donors (Lipinski definition) is 0. The van der Waals surface area contributed by atoms with E-state index >= 15 is 0 Å². The third kappa shape index (κ3) is 11.0. The monoisotopic (exact) mass is 1790 g/mol. The number of hydrogen-bond acceptors (Lipinski definition) is 6. The molecular weight excluding hydrogens is 1670 g/mol. The van der Waals surface area contributed by atoms with Crippen LogP contribution in [0.2, 0.25) is 0 Å². The van der Waals surface area contributed by atoms with Crippen molar-refractivity contribution in [3.63, 3.8) is 0 Å². The van der Waals surface area contributed by atoms with Crippen LogP contribution in [0.4, 0.5) is 0 Å². The molecule has 6 nitrogen and oxygen atoms in total. The standard InChI is InChI=1S/3C41H42O2S/c1-19-20(2)26(8)36-35(25(19)7)37-27(9)21(3)23(5)29(11)39(37)41(40-30(12)24(6)22(4)28(10)38(36)40)15-13-31-18-34-32(17-33(31)41)14-16-44(34,42)43;1-19-20(2)26(8)36-35(25(19)7)37-27(9)21(3)23(5)29(11)39(37)41(40-30(12)24(6)22(4)28(10)38(36)40)17-15-31-32-16-18-44(42,43)34(32)14-13-33(31)41;1-19-20(2)26(8)35-34(25(19)7)36-27(9)21(3)23(5)29(11)38(36)41(39-30(12)24(6)22(4)28(10)37(35)39)17-15-32-33(41)14-13-31-16-18-44(42,43)40(31)32/h3*13-18H,1-12H3. The molecule has 3 heterocycles. The second-order valence-electron chi connectivity index (χ2n) is 41.1. The molecule has 0 N–H and O–H groups in total. The molecule has 672 valence electrons. The molecule has 6 aliphatic carbocycles. The maximum absolute atomic E-state index is 13.5. The smallest absolute Gasteiger partial charge is 0.201 e. The highest BCUT2D eigenvalue weighted by atomic mass is 32.2. The summed E-state index contributed by atoms with van der Waals surface area (Å²) >= 11 is 0. The van der Waals surface area contributed by atoms with Crippen molar-refractivity contribution in [2.75, 3.05) is 0 Å². The minimum Gasteiger partial charge on any atom is -0.219 e. The van der Waals surface area contributed by atoms with Crippen molar-refractivity contribution >= 4 is 66.0 Å². The molecule has 9 heteroatoms. The predicted molar refractivity (Wildman–Crippen MR) is 557 cm³/mol. The van der Waals surface area contributed by atoms with Gasteiger partial charge in [0.2, 0.25) is 9.84 Å². The Morgan fingerprint density at radius 2 is 0.409 bits per heavy atom. The third-order valence-corrected chi connectivity index (χ3v) is 41.1. The first-order chi connectivity index (χ1) is 61.8. The Morgan fingerprint density at radius 1 is 0.174 bits per heavy atom. The predicted octanol–water partition coefficient (Wildman–Crippen LogP) is 30.5. The molecule has 0 saturated heterocycles. The summed E-state index contributed by atoms with van der Waals surface area (Å²) in [4.78, 5) is 1.27. The first-order valence-electron chi connectivity index (χ1n) is 47.1. The largest absolute Gasteiger partial charge is 0.219 e. The zero-order valence-corrected chi connectivity index (χ0v) is 87.0. The minimum atomic E-state index is -3.53. The highest BCUT2D eigenvalue weighted by Gasteiger charge is 2.55. The van der Waals surface area contributed by atoms with E-state index in [2.05, 4.69) is 304 Å². The van der Waals surface area contributed by atoms with Crippen molar-refractivity contribution in [1.82, 2.24) is 0 Å². The van der Waals surface area contributed by atoms with Gasteiger partial charge in [-0.2, -0.15) is 0 Å². The van der Waals surface area contributed by atoms with E-state index in [0.717, 1.165) is 38.9 Å². The van der Waals surface area contributed by atoms with E-state index in [-0.39, 0.29) is 0 Å². The summed E-state index contributed by atoms with van der Waals surface area (Å²) in [5, 5.41) is 4.09. The first kappa shape index (κ1) is 90.1. The second kappa shape index (κ2) is 29.2. The molecule has 0 aromatic heterocycles. The van der Waals surface area contributed by atoms with Gasteiger partial charge in [0.15, 0.2) is 19.7 Å². The lowest BCUT2D eigenvalue weighted by Crippen LogP contribution is -2.30. The second-order valence-corrected chi connectivity index (χ2v) is 46.5. The van der Waals surface area contributed by atoms with Gasteiger partial charge < -0.3 is 0 Å². The lowest BCUT2D eigenvalue weighted by Gasteiger charge is -2.38. The fourth-order valence-electron chi connectivity index (χ4n) is 26.4. The first-order valence-corrected chi connectivity index (χ1v) is 51.8. The highest BCUT2D eigenvalue weighted by Crippen LogP contribution is 2.68. The average molecular weight is 1800 g/mol. The van der Waals surface area contributed by atoms with Gasteiger partial charge in [-0.05, 0) is 631 Å². The molecule has 0 atom stereocenters. The molecule has 132 heavy (non-hydrogen) atoms. The minimum absolute atomic E-state index is 0.411. The molecule has 0 amide bonds. The number of benzene rings is 12. The molecule has 3 aliphatic heterocycles. The molecule has 21 rings (SSSR count). The van der Waals surface area contributed by atoms with Gasteiger partial charge in [0.05, 0.1) is 30.9 Å². The summed E-state index contributed by atoms with van der Waals surface area (Å²) in [5.41, 5.74) is 78.7. The van der Waals surface area contributed by atoms with Crippen molar-refractivity contribution in [3.8, 4) is 66.8 Å². The molecule has 3 spiro atoms. The SMILES string of the molecule is Cc1c(C)c(C)c2c(c1C)-c1c(C)c(C)c(C)c(C)c1C1(C=Cc3c1ccc1c3C=CS1(=O)=O)c1c(C)c(C)c(C)c(C)c1-2.Cc1c(C)c(C)c2c(c1C)-c1c(C)c(C)c(C)c(C)c1C1(C=Cc3c1ccc1c3S(=O)(=O)C=C1)c1c(C)c(C)c(C)c(C)c1-2.Cc1c(C)c(C)c2c(c1C)-c1c(C)c(C)c(C)c(C)c1C1(C=Cc3cc4c(cc31)C=CS4(=O)=O)c1c(C)c(C)c(C)c(C)c1-2. The van der Waals surface area contributed by atoms with Gasteiger partial charge in [0.1, 0.15) is 0 Å². The summed E-state index contributed by atoms with van der Waals surface area (Å²) in [6.07, 6.45) is 19.0. The van der Waals surface area contributed by atoms with Crippen LogP contribution < -0.4 is 0 Å². The number of fused-ring (bicyclic) bond motifs is 32. The van der Waals surface area contributed by atoms with Gasteiger partial charge in [-0.15, -0.1) is 0 Å². The van der Waals surface area contributed by atoms with Crippen LogP contribution >= 0.6 is 0 Å². The van der Waals surface area contributed by atoms with Gasteiger partial charge in [-0.3, -0.25) is 0 Å². The van der Waals surface area contributed by atoms with Crippen LogP contribution in [-0.4, -0.2) is 25.3 Å². The van der Waals surface area contributed by atoms with Gasteiger partial charge >= 0.3 is 0 Å². The average Bonchev–Trinajstić information content (AvgIpc) is 1.51. The fraction of sp³-hybridized carbons (Fsp3) is 0.317. The number of allylic oxidation sites excluding steroid dienone is 3. The van der Waals surface area contributed by atoms with Crippen LogP contribution in [0.15, 0.2) is 85.5 Å². The van der Waals surface area contributed by atoms with E-state index in [4.69, 9.17) is 0 Å². The van der Waals surface area contributed by atoms with Crippen LogP contribution in [-0.2, 0) is 45.8 Å². The lowest BCUT2D eigenvalue weighted by atomic mass is 9.64. The normalized spacial score (nSPS) is 16.1. The van der Waals surface area contributed by atoms with E-state index in [9.17, 15) is 25.3 Å². The quantitative estimate of drug-likeness (QED) is 0.150. The Bertz CT molecular complexity index is 7700. The van der Waals surface area contributed by atoms with Crippen molar-refractivity contribution in [1.29, 1.82) is 0 Å². The third-order valence-electron chi connectivity index (χ3n) is 36.7. The lowest BCUT2D eigenvalue weighted by molar-refractivity contribution is 0.603.